The standard InChI is InChI=1S/C23H22N2O2/c1-5-6-8-23-9-7-18-21(2,3)20(27)16(14-25)11-22(18,4)19(23)10-17(26)15(12-23)13-24/h10-12,18H,7-9H2,1-4H3. The van der Waals surface area contributed by atoms with Crippen molar-refractivity contribution in [3.8, 4) is 24.0 Å². The van der Waals surface area contributed by atoms with Crippen LogP contribution in [-0.4, -0.2) is 11.6 Å². The molecule has 0 spiro atoms. The maximum atomic E-state index is 12.8. The molecule has 1 saturated carbocycles. The highest BCUT2D eigenvalue weighted by Gasteiger charge is 2.59. The number of carbonyl (C=O) groups is 2. The second-order valence-corrected chi connectivity index (χ2v) is 8.45. The number of hydrogen-bond donors (Lipinski definition) is 0. The minimum atomic E-state index is -0.694. The predicted molar refractivity (Wildman–Crippen MR) is 101 cm³/mol. The number of fused-ring (bicyclic) bond motifs is 3. The number of nitrogens with zero attached hydrogens (tertiary/aromatic N) is 2. The minimum Gasteiger partial charge on any atom is -0.293 e. The second kappa shape index (κ2) is 6.07. The van der Waals surface area contributed by atoms with Crippen molar-refractivity contribution >= 4 is 11.6 Å². The van der Waals surface area contributed by atoms with E-state index in [9.17, 15) is 20.1 Å². The van der Waals surface area contributed by atoms with E-state index in [0.29, 0.717) is 6.42 Å². The molecule has 3 unspecified atom stereocenters. The first kappa shape index (κ1) is 18.9. The molecule has 0 aromatic rings. The Morgan fingerprint density at radius 1 is 1.11 bits per heavy atom. The Kier molecular flexibility index (Phi) is 4.25. The summed E-state index contributed by atoms with van der Waals surface area (Å²) in [6.07, 6.45) is 7.09. The predicted octanol–water partition coefficient (Wildman–Crippen LogP) is 3.82. The van der Waals surface area contributed by atoms with Crippen LogP contribution in [0.3, 0.4) is 0 Å². The van der Waals surface area contributed by atoms with Crippen molar-refractivity contribution in [1.82, 2.24) is 0 Å². The molecule has 0 aromatic heterocycles. The van der Waals surface area contributed by atoms with Crippen molar-refractivity contribution in [2.24, 2.45) is 22.2 Å². The lowest BCUT2D eigenvalue weighted by Crippen LogP contribution is -2.53. The maximum Gasteiger partial charge on any atom is 0.196 e. The summed E-state index contributed by atoms with van der Waals surface area (Å²) in [5.74, 6) is 5.58. The fourth-order valence-electron chi connectivity index (χ4n) is 5.38. The largest absolute Gasteiger partial charge is 0.293 e. The summed E-state index contributed by atoms with van der Waals surface area (Å²) in [7, 11) is 0. The third kappa shape index (κ3) is 2.50. The molecule has 0 amide bonds. The highest BCUT2D eigenvalue weighted by atomic mass is 16.1. The Balaban J connectivity index is 2.29. The molecule has 0 bridgehead atoms. The summed E-state index contributed by atoms with van der Waals surface area (Å²) in [6, 6.07) is 4.07. The van der Waals surface area contributed by atoms with Crippen LogP contribution in [0.4, 0.5) is 0 Å². The highest BCUT2D eigenvalue weighted by molar-refractivity contribution is 6.09. The molecule has 3 aliphatic carbocycles. The van der Waals surface area contributed by atoms with Crippen molar-refractivity contribution in [1.29, 1.82) is 10.5 Å². The normalized spacial score (nSPS) is 33.7. The lowest BCUT2D eigenvalue weighted by Gasteiger charge is -2.57. The molecule has 0 N–H and O–H groups in total. The van der Waals surface area contributed by atoms with Crippen molar-refractivity contribution in [2.45, 2.75) is 47.0 Å². The summed E-state index contributed by atoms with van der Waals surface area (Å²) in [6.45, 7) is 7.57. The van der Waals surface area contributed by atoms with E-state index < -0.39 is 16.2 Å². The Morgan fingerprint density at radius 3 is 2.37 bits per heavy atom. The molecule has 3 atom stereocenters. The molecule has 1 fully saturated rings. The molecule has 27 heavy (non-hydrogen) atoms. The van der Waals surface area contributed by atoms with Crippen LogP contribution in [0.15, 0.2) is 34.9 Å². The average Bonchev–Trinajstić information content (AvgIpc) is 2.63. The van der Waals surface area contributed by atoms with Gasteiger partial charge in [-0.3, -0.25) is 9.59 Å². The first-order valence-corrected chi connectivity index (χ1v) is 9.13. The van der Waals surface area contributed by atoms with E-state index in [0.717, 1.165) is 18.4 Å². The van der Waals surface area contributed by atoms with Crippen LogP contribution in [0.25, 0.3) is 0 Å². The zero-order valence-electron chi connectivity index (χ0n) is 16.1. The van der Waals surface area contributed by atoms with Gasteiger partial charge >= 0.3 is 0 Å². The summed E-state index contributed by atoms with van der Waals surface area (Å²) in [5, 5.41) is 18.9. The minimum absolute atomic E-state index is 0.0200. The molecule has 0 heterocycles. The number of Topliss-reactive ketones (excluding diaryl/α,β-unsaturated/α-hetero) is 1. The van der Waals surface area contributed by atoms with E-state index in [4.69, 9.17) is 0 Å². The van der Waals surface area contributed by atoms with Crippen molar-refractivity contribution in [2.75, 3.05) is 0 Å². The van der Waals surface area contributed by atoms with Gasteiger partial charge in [0.25, 0.3) is 0 Å². The topological polar surface area (TPSA) is 81.7 Å². The van der Waals surface area contributed by atoms with Gasteiger partial charge in [0.15, 0.2) is 11.6 Å². The zero-order chi connectivity index (χ0) is 20.0. The van der Waals surface area contributed by atoms with Gasteiger partial charge in [-0.2, -0.15) is 10.5 Å². The first-order chi connectivity index (χ1) is 12.7. The molecular weight excluding hydrogens is 336 g/mol. The van der Waals surface area contributed by atoms with Crippen molar-refractivity contribution in [3.05, 3.63) is 34.9 Å². The second-order valence-electron chi connectivity index (χ2n) is 8.45. The molecule has 4 nitrogen and oxygen atoms in total. The number of allylic oxidation sites excluding steroid dienone is 6. The van der Waals surface area contributed by atoms with Crippen LogP contribution in [0.2, 0.25) is 0 Å². The molecule has 4 heteroatoms. The fraction of sp³-hybridized carbons (Fsp3) is 0.478. The molecule has 3 rings (SSSR count). The van der Waals surface area contributed by atoms with Gasteiger partial charge in [0.05, 0.1) is 11.1 Å². The third-order valence-electron chi connectivity index (χ3n) is 6.65. The van der Waals surface area contributed by atoms with Crippen LogP contribution in [0.5, 0.6) is 0 Å². The van der Waals surface area contributed by atoms with Crippen LogP contribution in [-0.2, 0) is 9.59 Å². The Morgan fingerprint density at radius 2 is 1.78 bits per heavy atom. The number of hydrogen-bond acceptors (Lipinski definition) is 4. The van der Waals surface area contributed by atoms with Gasteiger partial charge in [0.1, 0.15) is 12.1 Å². The molecule has 136 valence electrons. The van der Waals surface area contributed by atoms with Gasteiger partial charge in [-0.15, -0.1) is 11.8 Å². The van der Waals surface area contributed by atoms with E-state index in [-0.39, 0.29) is 28.6 Å². The molecule has 0 radical (unpaired) electrons. The van der Waals surface area contributed by atoms with Crippen molar-refractivity contribution < 1.29 is 9.59 Å². The summed E-state index contributed by atoms with van der Waals surface area (Å²) < 4.78 is 0. The van der Waals surface area contributed by atoms with Crippen LogP contribution in [0, 0.1) is 56.7 Å². The number of carbonyl (C=O) groups excluding carboxylic acids is 2. The molecule has 0 aromatic carbocycles. The van der Waals surface area contributed by atoms with E-state index >= 15 is 0 Å². The first-order valence-electron chi connectivity index (χ1n) is 9.13. The monoisotopic (exact) mass is 358 g/mol. The van der Waals surface area contributed by atoms with Gasteiger partial charge < -0.3 is 0 Å². The van der Waals surface area contributed by atoms with E-state index in [1.807, 2.05) is 26.8 Å². The van der Waals surface area contributed by atoms with E-state index in [1.54, 1.807) is 25.2 Å². The van der Waals surface area contributed by atoms with E-state index in [2.05, 4.69) is 17.9 Å². The lowest BCUT2D eigenvalue weighted by atomic mass is 9.45. The fourth-order valence-corrected chi connectivity index (χ4v) is 5.38. The molecule has 0 saturated heterocycles. The molecule has 0 aliphatic heterocycles. The van der Waals surface area contributed by atoms with Crippen LogP contribution < -0.4 is 0 Å². The van der Waals surface area contributed by atoms with Gasteiger partial charge in [-0.25, -0.2) is 0 Å². The summed E-state index contributed by atoms with van der Waals surface area (Å²) >= 11 is 0. The summed E-state index contributed by atoms with van der Waals surface area (Å²) in [4.78, 5) is 25.3. The number of rotatable bonds is 1. The summed E-state index contributed by atoms with van der Waals surface area (Å²) in [5.41, 5.74) is -0.634. The number of ketones is 2. The van der Waals surface area contributed by atoms with Gasteiger partial charge in [-0.1, -0.05) is 32.9 Å². The third-order valence-corrected chi connectivity index (χ3v) is 6.65. The molecular formula is C23H22N2O2. The van der Waals surface area contributed by atoms with Crippen LogP contribution >= 0.6 is 0 Å². The van der Waals surface area contributed by atoms with Gasteiger partial charge in [0.2, 0.25) is 0 Å². The van der Waals surface area contributed by atoms with Gasteiger partial charge in [0, 0.05) is 22.7 Å². The smallest absolute Gasteiger partial charge is 0.196 e. The maximum absolute atomic E-state index is 12.8. The number of nitriles is 2. The Bertz CT molecular complexity index is 984. The quantitative estimate of drug-likeness (QED) is 0.667. The Hall–Kier alpha value is -2.90. The Labute approximate surface area is 160 Å². The molecule has 3 aliphatic rings. The van der Waals surface area contributed by atoms with E-state index in [1.165, 1.54) is 0 Å². The SMILES string of the molecule is CC#CCC12C=C(C#N)C(=O)C=C1C1(C)C=C(C#N)C(=O)C(C)(C)C1CC2. The van der Waals surface area contributed by atoms with Crippen molar-refractivity contribution in [3.63, 3.8) is 0 Å². The highest BCUT2D eigenvalue weighted by Crippen LogP contribution is 2.64. The zero-order valence-corrected chi connectivity index (χ0v) is 16.1. The van der Waals surface area contributed by atoms with Gasteiger partial charge in [-0.05, 0) is 37.3 Å². The van der Waals surface area contributed by atoms with Crippen LogP contribution in [0.1, 0.15) is 47.0 Å². The average molecular weight is 358 g/mol. The lowest BCUT2D eigenvalue weighted by molar-refractivity contribution is -0.130.